The van der Waals surface area contributed by atoms with Gasteiger partial charge in [-0.3, -0.25) is 4.79 Å². The second-order valence-electron chi connectivity index (χ2n) is 7.33. The standard InChI is InChI=1S/C24H25ClN2O4S/c1-17(19-9-5-3-6-10-19)26-24(28)16-31-23-14-13-21(15-22(23)25)32(29,30)27-18(2)20-11-7-4-8-12-20/h3-15,17-18,27H,16H2,1-2H3,(H,26,28)/t17-,18+/m0/s1. The monoisotopic (exact) mass is 472 g/mol. The summed E-state index contributed by atoms with van der Waals surface area (Å²) in [7, 11) is -3.79. The van der Waals surface area contributed by atoms with Gasteiger partial charge in [-0.15, -0.1) is 0 Å². The van der Waals surface area contributed by atoms with Gasteiger partial charge in [-0.2, -0.15) is 0 Å². The molecule has 0 saturated heterocycles. The minimum Gasteiger partial charge on any atom is -0.482 e. The van der Waals surface area contributed by atoms with E-state index in [9.17, 15) is 13.2 Å². The number of hydrogen-bond donors (Lipinski definition) is 2. The minimum atomic E-state index is -3.79. The van der Waals surface area contributed by atoms with E-state index in [-0.39, 0.29) is 34.2 Å². The van der Waals surface area contributed by atoms with Crippen LogP contribution in [-0.2, 0) is 14.8 Å². The summed E-state index contributed by atoms with van der Waals surface area (Å²) in [6.45, 7) is 3.40. The summed E-state index contributed by atoms with van der Waals surface area (Å²) < 4.78 is 33.6. The van der Waals surface area contributed by atoms with E-state index in [1.54, 1.807) is 6.92 Å². The molecule has 1 amide bonds. The first-order chi connectivity index (χ1) is 15.3. The van der Waals surface area contributed by atoms with Crippen molar-refractivity contribution in [3.8, 4) is 5.75 Å². The van der Waals surface area contributed by atoms with E-state index in [4.69, 9.17) is 16.3 Å². The van der Waals surface area contributed by atoms with Gasteiger partial charge in [-0.05, 0) is 43.2 Å². The third kappa shape index (κ3) is 6.32. The molecule has 3 aromatic rings. The number of amides is 1. The molecule has 2 atom stereocenters. The zero-order chi connectivity index (χ0) is 23.1. The SMILES string of the molecule is C[C@H](NC(=O)COc1ccc(S(=O)(=O)N[C@H](C)c2ccccc2)cc1Cl)c1ccccc1. The highest BCUT2D eigenvalue weighted by Gasteiger charge is 2.20. The van der Waals surface area contributed by atoms with Crippen LogP contribution in [-0.4, -0.2) is 20.9 Å². The van der Waals surface area contributed by atoms with Crippen molar-refractivity contribution >= 4 is 27.5 Å². The van der Waals surface area contributed by atoms with Crippen molar-refractivity contribution in [1.82, 2.24) is 10.0 Å². The lowest BCUT2D eigenvalue weighted by Crippen LogP contribution is -2.31. The molecule has 0 aliphatic heterocycles. The van der Waals surface area contributed by atoms with Gasteiger partial charge >= 0.3 is 0 Å². The highest BCUT2D eigenvalue weighted by Crippen LogP contribution is 2.28. The van der Waals surface area contributed by atoms with Crippen LogP contribution in [0.3, 0.4) is 0 Å². The van der Waals surface area contributed by atoms with Crippen LogP contribution < -0.4 is 14.8 Å². The molecule has 0 aliphatic carbocycles. The molecule has 0 aromatic heterocycles. The molecule has 32 heavy (non-hydrogen) atoms. The van der Waals surface area contributed by atoms with Crippen molar-refractivity contribution in [2.45, 2.75) is 30.8 Å². The van der Waals surface area contributed by atoms with Crippen molar-refractivity contribution in [1.29, 1.82) is 0 Å². The molecule has 0 radical (unpaired) electrons. The summed E-state index contributed by atoms with van der Waals surface area (Å²) in [5.41, 5.74) is 1.82. The third-order valence-electron chi connectivity index (χ3n) is 4.88. The number of halogens is 1. The molecule has 6 nitrogen and oxygen atoms in total. The summed E-state index contributed by atoms with van der Waals surface area (Å²) in [5, 5.41) is 2.95. The van der Waals surface area contributed by atoms with Gasteiger partial charge in [-0.25, -0.2) is 13.1 Å². The molecule has 0 saturated carbocycles. The first-order valence-electron chi connectivity index (χ1n) is 10.1. The highest BCUT2D eigenvalue weighted by atomic mass is 35.5. The third-order valence-corrected chi connectivity index (χ3v) is 6.71. The molecule has 0 aliphatic rings. The number of nitrogens with one attached hydrogen (secondary N) is 2. The Morgan fingerprint density at radius 2 is 1.47 bits per heavy atom. The Bertz CT molecular complexity index is 1160. The van der Waals surface area contributed by atoms with Crippen LogP contribution >= 0.6 is 11.6 Å². The van der Waals surface area contributed by atoms with Gasteiger partial charge < -0.3 is 10.1 Å². The Labute approximate surface area is 193 Å². The van der Waals surface area contributed by atoms with E-state index < -0.39 is 16.1 Å². The quantitative estimate of drug-likeness (QED) is 0.475. The Morgan fingerprint density at radius 3 is 2.03 bits per heavy atom. The number of rotatable bonds is 9. The Hall–Kier alpha value is -2.87. The molecule has 2 N–H and O–H groups in total. The molecule has 0 unspecified atom stereocenters. The van der Waals surface area contributed by atoms with Crippen molar-refractivity contribution in [3.63, 3.8) is 0 Å². The Balaban J connectivity index is 1.60. The average Bonchev–Trinajstić information content (AvgIpc) is 2.79. The zero-order valence-electron chi connectivity index (χ0n) is 17.8. The topological polar surface area (TPSA) is 84.5 Å². The van der Waals surface area contributed by atoms with Crippen molar-refractivity contribution < 1.29 is 17.9 Å². The number of ether oxygens (including phenoxy) is 1. The van der Waals surface area contributed by atoms with Gasteiger partial charge in [0.1, 0.15) is 5.75 Å². The molecule has 3 rings (SSSR count). The fourth-order valence-corrected chi connectivity index (χ4v) is 4.69. The molecular weight excluding hydrogens is 448 g/mol. The van der Waals surface area contributed by atoms with Crippen LogP contribution in [0.25, 0.3) is 0 Å². The van der Waals surface area contributed by atoms with E-state index in [0.717, 1.165) is 11.1 Å². The summed E-state index contributed by atoms with van der Waals surface area (Å²) in [5.74, 6) is -0.0864. The molecule has 0 spiro atoms. The van der Waals surface area contributed by atoms with Crippen molar-refractivity contribution in [2.75, 3.05) is 6.61 Å². The first kappa shape index (κ1) is 23.8. The van der Waals surface area contributed by atoms with Crippen LogP contribution in [0.4, 0.5) is 0 Å². The van der Waals surface area contributed by atoms with Crippen LogP contribution in [0.2, 0.25) is 5.02 Å². The van der Waals surface area contributed by atoms with Crippen LogP contribution in [0.15, 0.2) is 83.8 Å². The van der Waals surface area contributed by atoms with Gasteiger partial charge in [0.2, 0.25) is 10.0 Å². The maximum Gasteiger partial charge on any atom is 0.258 e. The fourth-order valence-electron chi connectivity index (χ4n) is 3.13. The lowest BCUT2D eigenvalue weighted by Gasteiger charge is -2.16. The highest BCUT2D eigenvalue weighted by molar-refractivity contribution is 7.89. The lowest BCUT2D eigenvalue weighted by molar-refractivity contribution is -0.123. The second-order valence-corrected chi connectivity index (χ2v) is 9.46. The molecule has 8 heteroatoms. The lowest BCUT2D eigenvalue weighted by atomic mass is 10.1. The minimum absolute atomic E-state index is 0.0137. The molecule has 0 bridgehead atoms. The maximum atomic E-state index is 12.7. The number of carbonyl (C=O) groups excluding carboxylic acids is 1. The fraction of sp³-hybridized carbons (Fsp3) is 0.208. The molecule has 168 valence electrons. The second kappa shape index (κ2) is 10.6. The first-order valence-corrected chi connectivity index (χ1v) is 12.0. The van der Waals surface area contributed by atoms with E-state index in [1.165, 1.54) is 18.2 Å². The van der Waals surface area contributed by atoms with Crippen molar-refractivity contribution in [2.24, 2.45) is 0 Å². The van der Waals surface area contributed by atoms with Gasteiger partial charge in [0.05, 0.1) is 16.0 Å². The van der Waals surface area contributed by atoms with E-state index in [2.05, 4.69) is 10.0 Å². The summed E-state index contributed by atoms with van der Waals surface area (Å²) in [6.07, 6.45) is 0. The zero-order valence-corrected chi connectivity index (χ0v) is 19.4. The smallest absolute Gasteiger partial charge is 0.258 e. The van der Waals surface area contributed by atoms with Crippen LogP contribution in [0.1, 0.15) is 37.1 Å². The Morgan fingerprint density at radius 1 is 0.906 bits per heavy atom. The molecular formula is C24H25ClN2O4S. The maximum absolute atomic E-state index is 12.7. The molecule has 3 aromatic carbocycles. The predicted molar refractivity (Wildman–Crippen MR) is 125 cm³/mol. The van der Waals surface area contributed by atoms with Crippen LogP contribution in [0.5, 0.6) is 5.75 Å². The molecule has 0 heterocycles. The number of hydrogen-bond acceptors (Lipinski definition) is 4. The van der Waals surface area contributed by atoms with Crippen LogP contribution in [0, 0.1) is 0 Å². The van der Waals surface area contributed by atoms with E-state index in [1.807, 2.05) is 67.6 Å². The number of sulfonamides is 1. The Kier molecular flexibility index (Phi) is 7.90. The normalized spacial score (nSPS) is 13.2. The van der Waals surface area contributed by atoms with E-state index in [0.29, 0.717) is 0 Å². The summed E-state index contributed by atoms with van der Waals surface area (Å²) in [4.78, 5) is 12.2. The average molecular weight is 473 g/mol. The van der Waals surface area contributed by atoms with Gasteiger partial charge in [0.15, 0.2) is 6.61 Å². The number of carbonyl (C=O) groups is 1. The summed E-state index contributed by atoms with van der Waals surface area (Å²) in [6, 6.07) is 22.4. The van der Waals surface area contributed by atoms with Gasteiger partial charge in [0, 0.05) is 6.04 Å². The summed E-state index contributed by atoms with van der Waals surface area (Å²) >= 11 is 6.23. The van der Waals surface area contributed by atoms with Gasteiger partial charge in [-0.1, -0.05) is 72.3 Å². The largest absolute Gasteiger partial charge is 0.482 e. The van der Waals surface area contributed by atoms with Crippen molar-refractivity contribution in [3.05, 3.63) is 95.0 Å². The van der Waals surface area contributed by atoms with E-state index >= 15 is 0 Å². The predicted octanol–water partition coefficient (Wildman–Crippen LogP) is 4.64. The van der Waals surface area contributed by atoms with Gasteiger partial charge in [0.25, 0.3) is 5.91 Å². The molecule has 0 fully saturated rings. The number of benzene rings is 3.